The second-order valence-corrected chi connectivity index (χ2v) is 4.30. The first-order chi connectivity index (χ1) is 8.84. The van der Waals surface area contributed by atoms with Gasteiger partial charge in [-0.2, -0.15) is 0 Å². The molecule has 0 aliphatic rings. The molecule has 2 aromatic carbocycles. The summed E-state index contributed by atoms with van der Waals surface area (Å²) in [6.07, 6.45) is 1.85. The molecule has 0 fully saturated rings. The van der Waals surface area contributed by atoms with Gasteiger partial charge in [-0.15, -0.1) is 0 Å². The Kier molecular flexibility index (Phi) is 4.60. The third kappa shape index (κ3) is 4.10. The molecule has 18 heavy (non-hydrogen) atoms. The first-order valence-corrected chi connectivity index (χ1v) is 6.23. The van der Waals surface area contributed by atoms with Gasteiger partial charge in [0.15, 0.2) is 0 Å². The molecule has 0 aliphatic heterocycles. The normalized spacial score (nSPS) is 10.0. The van der Waals surface area contributed by atoms with Gasteiger partial charge in [0.25, 0.3) is 0 Å². The van der Waals surface area contributed by atoms with Gasteiger partial charge in [-0.1, -0.05) is 67.2 Å². The summed E-state index contributed by atoms with van der Waals surface area (Å²) >= 11 is 0. The second-order valence-electron chi connectivity index (χ2n) is 4.30. The molecule has 0 saturated carbocycles. The van der Waals surface area contributed by atoms with Crippen LogP contribution in [-0.2, 0) is 17.8 Å². The molecule has 0 N–H and O–H groups in total. The summed E-state index contributed by atoms with van der Waals surface area (Å²) in [4.78, 5) is 0. The summed E-state index contributed by atoms with van der Waals surface area (Å²) in [5.41, 5.74) is 2.50. The zero-order chi connectivity index (χ0) is 12.6. The Bertz CT molecular complexity index is 428. The molecule has 0 heterocycles. The summed E-state index contributed by atoms with van der Waals surface area (Å²) in [5, 5.41) is 0. The highest BCUT2D eigenvalue weighted by Crippen LogP contribution is 2.11. The molecule has 1 heteroatoms. The summed E-state index contributed by atoms with van der Waals surface area (Å²) in [5.74, 6) is 0.850. The van der Waals surface area contributed by atoms with E-state index in [4.69, 9.17) is 4.74 Å². The molecule has 2 aromatic rings. The minimum Gasteiger partial charge on any atom is -0.494 e. The van der Waals surface area contributed by atoms with Crippen molar-refractivity contribution in [2.24, 2.45) is 0 Å². The third-order valence-corrected chi connectivity index (χ3v) is 2.82. The number of aryl methyl sites for hydroxylation is 1. The standard InChI is InChI=1S/C17H18O/c1-15(12-13-16-8-4-2-5-9-16)18-14-17-10-6-3-7-11-17/h2-11H,1,12-14H2. The van der Waals surface area contributed by atoms with E-state index in [9.17, 15) is 0 Å². The van der Waals surface area contributed by atoms with Crippen LogP contribution in [0.1, 0.15) is 17.5 Å². The molecule has 0 aromatic heterocycles. The quantitative estimate of drug-likeness (QED) is 0.680. The molecule has 0 amide bonds. The molecule has 92 valence electrons. The Morgan fingerprint density at radius 3 is 2.00 bits per heavy atom. The molecule has 0 atom stereocenters. The van der Waals surface area contributed by atoms with Gasteiger partial charge in [-0.25, -0.2) is 0 Å². The number of benzene rings is 2. The molecule has 0 radical (unpaired) electrons. The Balaban J connectivity index is 1.73. The van der Waals surface area contributed by atoms with Crippen LogP contribution in [0.4, 0.5) is 0 Å². The molecular formula is C17H18O. The fourth-order valence-electron chi connectivity index (χ4n) is 1.76. The average Bonchev–Trinajstić information content (AvgIpc) is 2.45. The van der Waals surface area contributed by atoms with Crippen LogP contribution in [0.25, 0.3) is 0 Å². The summed E-state index contributed by atoms with van der Waals surface area (Å²) in [6, 6.07) is 20.6. The highest BCUT2D eigenvalue weighted by molar-refractivity contribution is 5.16. The van der Waals surface area contributed by atoms with Gasteiger partial charge < -0.3 is 4.74 Å². The van der Waals surface area contributed by atoms with Crippen LogP contribution in [0, 0.1) is 0 Å². The van der Waals surface area contributed by atoms with Crippen molar-refractivity contribution in [3.63, 3.8) is 0 Å². The van der Waals surface area contributed by atoms with Gasteiger partial charge in [0.1, 0.15) is 6.61 Å². The van der Waals surface area contributed by atoms with Gasteiger partial charge in [-0.3, -0.25) is 0 Å². The fourth-order valence-corrected chi connectivity index (χ4v) is 1.76. The van der Waals surface area contributed by atoms with Gasteiger partial charge in [0.2, 0.25) is 0 Å². The predicted molar refractivity (Wildman–Crippen MR) is 75.1 cm³/mol. The lowest BCUT2D eigenvalue weighted by Crippen LogP contribution is -1.95. The highest BCUT2D eigenvalue weighted by Gasteiger charge is 1.98. The number of rotatable bonds is 6. The molecule has 0 saturated heterocycles. The van der Waals surface area contributed by atoms with Crippen molar-refractivity contribution in [1.82, 2.24) is 0 Å². The zero-order valence-corrected chi connectivity index (χ0v) is 10.5. The molecule has 0 aliphatic carbocycles. The van der Waals surface area contributed by atoms with Crippen molar-refractivity contribution in [3.05, 3.63) is 84.1 Å². The fraction of sp³-hybridized carbons (Fsp3) is 0.176. The van der Waals surface area contributed by atoms with Crippen LogP contribution in [0.3, 0.4) is 0 Å². The SMILES string of the molecule is C=C(CCc1ccccc1)OCc1ccccc1. The molecule has 0 spiro atoms. The second kappa shape index (κ2) is 6.65. The number of hydrogen-bond donors (Lipinski definition) is 0. The van der Waals surface area contributed by atoms with Crippen LogP contribution in [-0.4, -0.2) is 0 Å². The first kappa shape index (κ1) is 12.4. The summed E-state index contributed by atoms with van der Waals surface area (Å²) < 4.78 is 5.66. The topological polar surface area (TPSA) is 9.23 Å². The van der Waals surface area contributed by atoms with Crippen LogP contribution in [0.5, 0.6) is 0 Å². The Hall–Kier alpha value is -2.02. The number of hydrogen-bond acceptors (Lipinski definition) is 1. The average molecular weight is 238 g/mol. The van der Waals surface area contributed by atoms with Crippen molar-refractivity contribution >= 4 is 0 Å². The molecule has 0 bridgehead atoms. The van der Waals surface area contributed by atoms with E-state index in [0.717, 1.165) is 18.6 Å². The van der Waals surface area contributed by atoms with Gasteiger partial charge in [-0.05, 0) is 17.5 Å². The third-order valence-electron chi connectivity index (χ3n) is 2.82. The smallest absolute Gasteiger partial charge is 0.113 e. The van der Waals surface area contributed by atoms with E-state index >= 15 is 0 Å². The maximum absolute atomic E-state index is 5.66. The van der Waals surface area contributed by atoms with Crippen LogP contribution in [0.15, 0.2) is 73.0 Å². The van der Waals surface area contributed by atoms with E-state index in [1.807, 2.05) is 24.3 Å². The van der Waals surface area contributed by atoms with E-state index in [0.29, 0.717) is 6.61 Å². The predicted octanol–water partition coefficient (Wildman–Crippen LogP) is 4.35. The lowest BCUT2D eigenvalue weighted by atomic mass is 10.1. The van der Waals surface area contributed by atoms with E-state index in [2.05, 4.69) is 43.0 Å². The minimum absolute atomic E-state index is 0.606. The number of ether oxygens (including phenoxy) is 1. The Morgan fingerprint density at radius 1 is 0.833 bits per heavy atom. The van der Waals surface area contributed by atoms with Crippen molar-refractivity contribution in [2.75, 3.05) is 0 Å². The van der Waals surface area contributed by atoms with E-state index in [-0.39, 0.29) is 0 Å². The van der Waals surface area contributed by atoms with Crippen LogP contribution < -0.4 is 0 Å². The minimum atomic E-state index is 0.606. The maximum atomic E-state index is 5.66. The monoisotopic (exact) mass is 238 g/mol. The highest BCUT2D eigenvalue weighted by atomic mass is 16.5. The van der Waals surface area contributed by atoms with Crippen LogP contribution >= 0.6 is 0 Å². The number of allylic oxidation sites excluding steroid dienone is 1. The van der Waals surface area contributed by atoms with Crippen LogP contribution in [0.2, 0.25) is 0 Å². The summed E-state index contributed by atoms with van der Waals surface area (Å²) in [7, 11) is 0. The summed E-state index contributed by atoms with van der Waals surface area (Å²) in [6.45, 7) is 4.57. The van der Waals surface area contributed by atoms with Gasteiger partial charge in [0.05, 0.1) is 5.76 Å². The lowest BCUT2D eigenvalue weighted by molar-refractivity contribution is 0.190. The molecule has 0 unspecified atom stereocenters. The largest absolute Gasteiger partial charge is 0.494 e. The first-order valence-electron chi connectivity index (χ1n) is 6.23. The van der Waals surface area contributed by atoms with Crippen molar-refractivity contribution in [2.45, 2.75) is 19.4 Å². The van der Waals surface area contributed by atoms with Gasteiger partial charge >= 0.3 is 0 Å². The molecular weight excluding hydrogens is 220 g/mol. The Morgan fingerprint density at radius 2 is 1.39 bits per heavy atom. The molecule has 1 nitrogen and oxygen atoms in total. The van der Waals surface area contributed by atoms with E-state index in [1.165, 1.54) is 11.1 Å². The van der Waals surface area contributed by atoms with Crippen molar-refractivity contribution in [1.29, 1.82) is 0 Å². The Labute approximate surface area is 109 Å². The van der Waals surface area contributed by atoms with E-state index < -0.39 is 0 Å². The molecule has 2 rings (SSSR count). The van der Waals surface area contributed by atoms with Crippen molar-refractivity contribution < 1.29 is 4.74 Å². The zero-order valence-electron chi connectivity index (χ0n) is 10.5. The van der Waals surface area contributed by atoms with E-state index in [1.54, 1.807) is 0 Å². The maximum Gasteiger partial charge on any atom is 0.113 e. The van der Waals surface area contributed by atoms with Gasteiger partial charge in [0, 0.05) is 6.42 Å². The lowest BCUT2D eigenvalue weighted by Gasteiger charge is -2.09. The van der Waals surface area contributed by atoms with Crippen molar-refractivity contribution in [3.8, 4) is 0 Å².